The Morgan fingerprint density at radius 1 is 1.33 bits per heavy atom. The lowest BCUT2D eigenvalue weighted by molar-refractivity contribution is 0.0957. The monoisotopic (exact) mass is 261 g/mol. The summed E-state index contributed by atoms with van der Waals surface area (Å²) in [6, 6.07) is 11.9. The Bertz CT molecular complexity index is 534. The van der Waals surface area contributed by atoms with Crippen LogP contribution in [0.15, 0.2) is 36.4 Å². The number of nitrogens with one attached hydrogen (secondary N) is 1. The molecule has 1 N–H and O–H groups in total. The lowest BCUT2D eigenvalue weighted by Gasteiger charge is -2.01. The Kier molecular flexibility index (Phi) is 3.99. The van der Waals surface area contributed by atoms with Crippen molar-refractivity contribution in [3.63, 3.8) is 0 Å². The molecule has 1 aromatic carbocycles. The summed E-state index contributed by atoms with van der Waals surface area (Å²) in [4.78, 5) is 13.5. The zero-order chi connectivity index (χ0) is 13.0. The van der Waals surface area contributed by atoms with Crippen LogP contribution < -0.4 is 10.1 Å². The summed E-state index contributed by atoms with van der Waals surface area (Å²) in [5.74, 6) is 0.548. The molecule has 1 aromatic heterocycles. The summed E-state index contributed by atoms with van der Waals surface area (Å²) in [5.41, 5.74) is 1.09. The highest BCUT2D eigenvalue weighted by atomic mass is 32.1. The van der Waals surface area contributed by atoms with E-state index < -0.39 is 0 Å². The van der Waals surface area contributed by atoms with Gasteiger partial charge in [0, 0.05) is 11.4 Å². The van der Waals surface area contributed by atoms with Gasteiger partial charge in [0.2, 0.25) is 0 Å². The van der Waals surface area contributed by atoms with Crippen molar-refractivity contribution in [1.82, 2.24) is 5.32 Å². The van der Waals surface area contributed by atoms with Crippen LogP contribution in [0.2, 0.25) is 0 Å². The average Bonchev–Trinajstić information content (AvgIpc) is 2.84. The summed E-state index contributed by atoms with van der Waals surface area (Å²) >= 11 is 1.45. The molecule has 0 atom stereocenters. The number of hydrogen-bond acceptors (Lipinski definition) is 3. The van der Waals surface area contributed by atoms with Crippen LogP contribution >= 0.6 is 11.3 Å². The van der Waals surface area contributed by atoms with Crippen molar-refractivity contribution >= 4 is 17.2 Å². The number of benzene rings is 1. The molecule has 18 heavy (non-hydrogen) atoms. The SMILES string of the molecule is CCNC(=O)c1sc(-c2ccccc2)cc1OC. The van der Waals surface area contributed by atoms with Gasteiger partial charge in [0.05, 0.1) is 7.11 Å². The van der Waals surface area contributed by atoms with E-state index in [0.29, 0.717) is 17.2 Å². The standard InChI is InChI=1S/C14H15NO2S/c1-3-15-14(16)13-11(17-2)9-12(18-13)10-7-5-4-6-8-10/h4-9H,3H2,1-2H3,(H,15,16). The first-order chi connectivity index (χ1) is 8.76. The molecule has 0 radical (unpaired) electrons. The third kappa shape index (κ3) is 2.54. The molecule has 1 heterocycles. The lowest BCUT2D eigenvalue weighted by Crippen LogP contribution is -2.21. The van der Waals surface area contributed by atoms with Gasteiger partial charge >= 0.3 is 0 Å². The summed E-state index contributed by atoms with van der Waals surface area (Å²) in [6.07, 6.45) is 0. The Hall–Kier alpha value is -1.81. The number of methoxy groups -OCH3 is 1. The van der Waals surface area contributed by atoms with Gasteiger partial charge in [0.1, 0.15) is 10.6 Å². The van der Waals surface area contributed by atoms with Crippen LogP contribution in [0.3, 0.4) is 0 Å². The molecule has 0 aliphatic heterocycles. The van der Waals surface area contributed by atoms with E-state index in [2.05, 4.69) is 5.32 Å². The van der Waals surface area contributed by atoms with Gasteiger partial charge in [-0.3, -0.25) is 4.79 Å². The minimum Gasteiger partial charge on any atom is -0.495 e. The molecule has 0 spiro atoms. The van der Waals surface area contributed by atoms with Crippen LogP contribution in [0.5, 0.6) is 5.75 Å². The van der Waals surface area contributed by atoms with Crippen LogP contribution in [0, 0.1) is 0 Å². The van der Waals surface area contributed by atoms with Crippen molar-refractivity contribution in [2.75, 3.05) is 13.7 Å². The predicted octanol–water partition coefficient (Wildman–Crippen LogP) is 3.17. The number of ether oxygens (including phenoxy) is 1. The number of thiophene rings is 1. The summed E-state index contributed by atoms with van der Waals surface area (Å²) in [7, 11) is 1.58. The second-order valence-corrected chi connectivity index (χ2v) is 4.79. The molecule has 94 valence electrons. The van der Waals surface area contributed by atoms with Crippen molar-refractivity contribution in [3.05, 3.63) is 41.3 Å². The largest absolute Gasteiger partial charge is 0.495 e. The van der Waals surface area contributed by atoms with Crippen LogP contribution in [0.25, 0.3) is 10.4 Å². The van der Waals surface area contributed by atoms with E-state index in [1.807, 2.05) is 43.3 Å². The Balaban J connectivity index is 2.38. The van der Waals surface area contributed by atoms with Crippen LogP contribution in [0.1, 0.15) is 16.6 Å². The zero-order valence-corrected chi connectivity index (χ0v) is 11.2. The van der Waals surface area contributed by atoms with Gasteiger partial charge in [0.15, 0.2) is 0 Å². The topological polar surface area (TPSA) is 38.3 Å². The maximum atomic E-state index is 11.9. The average molecular weight is 261 g/mol. The molecule has 0 saturated carbocycles. The molecular formula is C14H15NO2S. The van der Waals surface area contributed by atoms with Crippen molar-refractivity contribution < 1.29 is 9.53 Å². The summed E-state index contributed by atoms with van der Waals surface area (Å²) in [6.45, 7) is 2.51. The van der Waals surface area contributed by atoms with Gasteiger partial charge in [-0.1, -0.05) is 30.3 Å². The molecule has 0 fully saturated rings. The highest BCUT2D eigenvalue weighted by Crippen LogP contribution is 2.35. The summed E-state index contributed by atoms with van der Waals surface area (Å²) in [5, 5.41) is 2.79. The van der Waals surface area contributed by atoms with Gasteiger partial charge in [0.25, 0.3) is 5.91 Å². The summed E-state index contributed by atoms with van der Waals surface area (Å²) < 4.78 is 5.26. The fourth-order valence-electron chi connectivity index (χ4n) is 1.67. The Morgan fingerprint density at radius 3 is 2.67 bits per heavy atom. The van der Waals surface area contributed by atoms with Crippen molar-refractivity contribution in [2.45, 2.75) is 6.92 Å². The molecule has 0 aliphatic carbocycles. The zero-order valence-electron chi connectivity index (χ0n) is 10.4. The predicted molar refractivity (Wildman–Crippen MR) is 74.3 cm³/mol. The van der Waals surface area contributed by atoms with E-state index in [9.17, 15) is 4.79 Å². The molecule has 2 aromatic rings. The lowest BCUT2D eigenvalue weighted by atomic mass is 10.2. The van der Waals surface area contributed by atoms with Crippen molar-refractivity contribution in [3.8, 4) is 16.2 Å². The van der Waals surface area contributed by atoms with E-state index in [1.54, 1.807) is 7.11 Å². The van der Waals surface area contributed by atoms with Crippen LogP contribution in [-0.4, -0.2) is 19.6 Å². The highest BCUT2D eigenvalue weighted by molar-refractivity contribution is 7.17. The molecule has 2 rings (SSSR count). The maximum Gasteiger partial charge on any atom is 0.265 e. The fourth-order valence-corrected chi connectivity index (χ4v) is 2.72. The molecule has 0 aliphatic rings. The van der Waals surface area contributed by atoms with Crippen LogP contribution in [0.4, 0.5) is 0 Å². The van der Waals surface area contributed by atoms with Gasteiger partial charge in [-0.25, -0.2) is 0 Å². The molecule has 4 heteroatoms. The molecule has 3 nitrogen and oxygen atoms in total. The van der Waals surface area contributed by atoms with Gasteiger partial charge < -0.3 is 10.1 Å². The Labute approximate surface area is 110 Å². The molecular weight excluding hydrogens is 246 g/mol. The van der Waals surface area contributed by atoms with E-state index in [-0.39, 0.29) is 5.91 Å². The minimum absolute atomic E-state index is 0.0819. The highest BCUT2D eigenvalue weighted by Gasteiger charge is 2.16. The first-order valence-corrected chi connectivity index (χ1v) is 6.59. The van der Waals surface area contributed by atoms with Gasteiger partial charge in [-0.05, 0) is 18.6 Å². The quantitative estimate of drug-likeness (QED) is 0.918. The maximum absolute atomic E-state index is 11.9. The van der Waals surface area contributed by atoms with E-state index in [0.717, 1.165) is 10.4 Å². The second kappa shape index (κ2) is 5.69. The van der Waals surface area contributed by atoms with Crippen molar-refractivity contribution in [2.24, 2.45) is 0 Å². The first kappa shape index (κ1) is 12.6. The van der Waals surface area contributed by atoms with E-state index in [4.69, 9.17) is 4.74 Å². The number of carbonyl (C=O) groups excluding carboxylic acids is 1. The normalized spacial score (nSPS) is 10.1. The molecule has 0 bridgehead atoms. The number of rotatable bonds is 4. The number of carbonyl (C=O) groups is 1. The van der Waals surface area contributed by atoms with E-state index in [1.165, 1.54) is 11.3 Å². The van der Waals surface area contributed by atoms with Gasteiger partial charge in [-0.2, -0.15) is 0 Å². The van der Waals surface area contributed by atoms with Gasteiger partial charge in [-0.15, -0.1) is 11.3 Å². The number of hydrogen-bond donors (Lipinski definition) is 1. The molecule has 1 amide bonds. The molecule has 0 saturated heterocycles. The smallest absolute Gasteiger partial charge is 0.265 e. The van der Waals surface area contributed by atoms with Crippen molar-refractivity contribution in [1.29, 1.82) is 0 Å². The van der Waals surface area contributed by atoms with E-state index >= 15 is 0 Å². The third-order valence-electron chi connectivity index (χ3n) is 2.52. The third-order valence-corrected chi connectivity index (χ3v) is 3.68. The first-order valence-electron chi connectivity index (χ1n) is 5.77. The Morgan fingerprint density at radius 2 is 2.06 bits per heavy atom. The fraction of sp³-hybridized carbons (Fsp3) is 0.214. The van der Waals surface area contributed by atoms with Crippen LogP contribution in [-0.2, 0) is 0 Å². The second-order valence-electron chi connectivity index (χ2n) is 3.73. The minimum atomic E-state index is -0.0819. The molecule has 0 unspecified atom stereocenters. The number of amides is 1.